The molecular formula is C17H20N2O2. The van der Waals surface area contributed by atoms with E-state index in [1.807, 2.05) is 25.1 Å². The molecule has 2 rings (SSSR count). The summed E-state index contributed by atoms with van der Waals surface area (Å²) < 4.78 is 0. The lowest BCUT2D eigenvalue weighted by Crippen LogP contribution is -2.31. The highest BCUT2D eigenvalue weighted by atomic mass is 16.4. The van der Waals surface area contributed by atoms with E-state index in [0.29, 0.717) is 0 Å². The van der Waals surface area contributed by atoms with Crippen molar-refractivity contribution >= 4 is 11.8 Å². The van der Waals surface area contributed by atoms with Crippen LogP contribution in [0.3, 0.4) is 0 Å². The lowest BCUT2D eigenvalue weighted by atomic mass is 10.1. The maximum Gasteiger partial charge on any atom is 0.337 e. The van der Waals surface area contributed by atoms with Crippen LogP contribution in [0.4, 0.5) is 5.82 Å². The Morgan fingerprint density at radius 1 is 1.29 bits per heavy atom. The minimum Gasteiger partial charge on any atom is -0.478 e. The van der Waals surface area contributed by atoms with Crippen LogP contribution in [0.1, 0.15) is 35.3 Å². The zero-order valence-electron chi connectivity index (χ0n) is 12.6. The molecule has 4 heteroatoms. The van der Waals surface area contributed by atoms with E-state index in [0.717, 1.165) is 17.9 Å². The topological polar surface area (TPSA) is 53.4 Å². The lowest BCUT2D eigenvalue weighted by Gasteiger charge is -2.29. The van der Waals surface area contributed by atoms with E-state index in [2.05, 4.69) is 35.9 Å². The summed E-state index contributed by atoms with van der Waals surface area (Å²) in [6, 6.07) is 12.1. The molecule has 110 valence electrons. The summed E-state index contributed by atoms with van der Waals surface area (Å²) >= 11 is 0. The van der Waals surface area contributed by atoms with Crippen molar-refractivity contribution in [3.05, 3.63) is 59.3 Å². The maximum atomic E-state index is 11.0. The first-order valence-corrected chi connectivity index (χ1v) is 6.99. The van der Waals surface area contributed by atoms with Gasteiger partial charge in [0.25, 0.3) is 0 Å². The smallest absolute Gasteiger partial charge is 0.337 e. The molecule has 1 aromatic carbocycles. The number of aromatic carboxylic acids is 1. The molecular weight excluding hydrogens is 264 g/mol. The largest absolute Gasteiger partial charge is 0.478 e. The monoisotopic (exact) mass is 284 g/mol. The molecule has 4 nitrogen and oxygen atoms in total. The van der Waals surface area contributed by atoms with Crippen molar-refractivity contribution in [2.45, 2.75) is 33.4 Å². The van der Waals surface area contributed by atoms with Crippen LogP contribution >= 0.6 is 0 Å². The third kappa shape index (κ3) is 3.60. The van der Waals surface area contributed by atoms with Gasteiger partial charge in [0.2, 0.25) is 0 Å². The average Bonchev–Trinajstić information content (AvgIpc) is 2.46. The van der Waals surface area contributed by atoms with Gasteiger partial charge in [0.15, 0.2) is 0 Å². The third-order valence-corrected chi connectivity index (χ3v) is 3.39. The number of nitrogens with zero attached hydrogens (tertiary/aromatic N) is 2. The van der Waals surface area contributed by atoms with Crippen LogP contribution in [0.15, 0.2) is 42.6 Å². The van der Waals surface area contributed by atoms with Crippen LogP contribution in [0.5, 0.6) is 0 Å². The predicted molar refractivity (Wildman–Crippen MR) is 83.7 cm³/mol. The Morgan fingerprint density at radius 2 is 1.95 bits per heavy atom. The molecule has 0 amide bonds. The molecule has 0 unspecified atom stereocenters. The number of carbonyl (C=O) groups is 1. The first-order valence-electron chi connectivity index (χ1n) is 6.99. The molecule has 0 saturated carbocycles. The van der Waals surface area contributed by atoms with Gasteiger partial charge in [-0.1, -0.05) is 30.3 Å². The van der Waals surface area contributed by atoms with Crippen molar-refractivity contribution in [2.75, 3.05) is 4.90 Å². The Hall–Kier alpha value is -2.36. The van der Waals surface area contributed by atoms with Crippen LogP contribution in [0.25, 0.3) is 0 Å². The molecule has 2 aromatic rings. The zero-order chi connectivity index (χ0) is 15.4. The van der Waals surface area contributed by atoms with Gasteiger partial charge in [-0.15, -0.1) is 0 Å². The quantitative estimate of drug-likeness (QED) is 0.913. The molecule has 0 spiro atoms. The van der Waals surface area contributed by atoms with Gasteiger partial charge in [0, 0.05) is 18.8 Å². The van der Waals surface area contributed by atoms with Crippen LogP contribution in [-0.4, -0.2) is 22.1 Å². The molecule has 0 fully saturated rings. The Bertz CT molecular complexity index is 624. The van der Waals surface area contributed by atoms with Gasteiger partial charge in [0.1, 0.15) is 5.82 Å². The van der Waals surface area contributed by atoms with E-state index < -0.39 is 5.97 Å². The molecule has 0 atom stereocenters. The second-order valence-corrected chi connectivity index (χ2v) is 5.38. The summed E-state index contributed by atoms with van der Waals surface area (Å²) in [6.45, 7) is 6.86. The third-order valence-electron chi connectivity index (χ3n) is 3.39. The number of rotatable bonds is 5. The highest BCUT2D eigenvalue weighted by molar-refractivity contribution is 5.87. The molecule has 0 aliphatic rings. The second-order valence-electron chi connectivity index (χ2n) is 5.38. The number of pyridine rings is 1. The van der Waals surface area contributed by atoms with Crippen molar-refractivity contribution in [3.63, 3.8) is 0 Å². The number of benzene rings is 1. The zero-order valence-corrected chi connectivity index (χ0v) is 12.6. The van der Waals surface area contributed by atoms with Gasteiger partial charge in [-0.2, -0.15) is 0 Å². The molecule has 0 aliphatic heterocycles. The summed E-state index contributed by atoms with van der Waals surface area (Å²) in [4.78, 5) is 17.5. The van der Waals surface area contributed by atoms with E-state index in [1.54, 1.807) is 6.07 Å². The standard InChI is InChI=1S/C17H20N2O2/c1-12(2)19(11-14-7-5-4-6-8-14)16-13(3)9-15(10-18-16)17(20)21/h4-10,12H,11H2,1-3H3,(H,20,21). The SMILES string of the molecule is Cc1cc(C(=O)O)cnc1N(Cc1ccccc1)C(C)C. The van der Waals surface area contributed by atoms with Crippen LogP contribution in [0, 0.1) is 6.92 Å². The maximum absolute atomic E-state index is 11.0. The summed E-state index contributed by atoms with van der Waals surface area (Å²) in [5, 5.41) is 9.03. The molecule has 1 aromatic heterocycles. The van der Waals surface area contributed by atoms with E-state index in [-0.39, 0.29) is 11.6 Å². The number of carboxylic acids is 1. The summed E-state index contributed by atoms with van der Waals surface area (Å²) in [5.74, 6) is -0.116. The number of carboxylic acid groups (broad SMARTS) is 1. The van der Waals surface area contributed by atoms with E-state index in [1.165, 1.54) is 11.8 Å². The van der Waals surface area contributed by atoms with Crippen LogP contribution in [-0.2, 0) is 6.54 Å². The fourth-order valence-electron chi connectivity index (χ4n) is 2.27. The molecule has 0 radical (unpaired) electrons. The van der Waals surface area contributed by atoms with E-state index >= 15 is 0 Å². The normalized spacial score (nSPS) is 10.7. The van der Waals surface area contributed by atoms with Gasteiger partial charge in [0.05, 0.1) is 5.56 Å². The molecule has 1 N–H and O–H groups in total. The second kappa shape index (κ2) is 6.39. The predicted octanol–water partition coefficient (Wildman–Crippen LogP) is 3.50. The van der Waals surface area contributed by atoms with Gasteiger partial charge in [-0.3, -0.25) is 0 Å². The molecule has 21 heavy (non-hydrogen) atoms. The Morgan fingerprint density at radius 3 is 2.48 bits per heavy atom. The van der Waals surface area contributed by atoms with E-state index in [4.69, 9.17) is 5.11 Å². The first-order chi connectivity index (χ1) is 9.99. The fraction of sp³-hybridized carbons (Fsp3) is 0.294. The van der Waals surface area contributed by atoms with Crippen molar-refractivity contribution in [3.8, 4) is 0 Å². The first kappa shape index (κ1) is 15.0. The fourth-order valence-corrected chi connectivity index (χ4v) is 2.27. The number of aromatic nitrogens is 1. The molecule has 0 aliphatic carbocycles. The van der Waals surface area contributed by atoms with E-state index in [9.17, 15) is 4.79 Å². The van der Waals surface area contributed by atoms with Gasteiger partial charge >= 0.3 is 5.97 Å². The Kier molecular flexibility index (Phi) is 4.58. The van der Waals surface area contributed by atoms with Crippen molar-refractivity contribution in [2.24, 2.45) is 0 Å². The minimum atomic E-state index is -0.948. The van der Waals surface area contributed by atoms with Gasteiger partial charge < -0.3 is 10.0 Å². The minimum absolute atomic E-state index is 0.222. The highest BCUT2D eigenvalue weighted by Crippen LogP contribution is 2.22. The highest BCUT2D eigenvalue weighted by Gasteiger charge is 2.16. The Labute approximate surface area is 125 Å². The number of aryl methyl sites for hydroxylation is 1. The van der Waals surface area contributed by atoms with Crippen LogP contribution in [0.2, 0.25) is 0 Å². The Balaban J connectivity index is 2.32. The van der Waals surface area contributed by atoms with Crippen molar-refractivity contribution < 1.29 is 9.90 Å². The van der Waals surface area contributed by atoms with Crippen molar-refractivity contribution in [1.82, 2.24) is 4.98 Å². The average molecular weight is 284 g/mol. The summed E-state index contributed by atoms with van der Waals surface area (Å²) in [7, 11) is 0. The van der Waals surface area contributed by atoms with Gasteiger partial charge in [-0.05, 0) is 38.0 Å². The van der Waals surface area contributed by atoms with Crippen LogP contribution < -0.4 is 4.90 Å². The number of anilines is 1. The molecule has 0 saturated heterocycles. The van der Waals surface area contributed by atoms with Gasteiger partial charge in [-0.25, -0.2) is 9.78 Å². The summed E-state index contributed by atoms with van der Waals surface area (Å²) in [5.41, 5.74) is 2.30. The lowest BCUT2D eigenvalue weighted by molar-refractivity contribution is 0.0696. The van der Waals surface area contributed by atoms with Crippen molar-refractivity contribution in [1.29, 1.82) is 0 Å². The number of hydrogen-bond acceptors (Lipinski definition) is 3. The molecule has 0 bridgehead atoms. The summed E-state index contributed by atoms with van der Waals surface area (Å²) in [6.07, 6.45) is 1.42. The number of hydrogen-bond donors (Lipinski definition) is 1. The molecule has 1 heterocycles.